The predicted octanol–water partition coefficient (Wildman–Crippen LogP) is -0.462. The number of hydrogen-bond acceptors (Lipinski definition) is 5. The molecule has 1 aromatic rings. The van der Waals surface area contributed by atoms with Crippen LogP contribution in [0.3, 0.4) is 0 Å². The van der Waals surface area contributed by atoms with Crippen molar-refractivity contribution in [2.45, 2.75) is 6.42 Å². The van der Waals surface area contributed by atoms with Crippen LogP contribution in [0, 0.1) is 0 Å². The molecule has 1 rings (SSSR count). The second-order valence-corrected chi connectivity index (χ2v) is 5.32. The molecule has 0 saturated carbocycles. The molecule has 0 bridgehead atoms. The number of primary sulfonamides is 1. The summed E-state index contributed by atoms with van der Waals surface area (Å²) in [5.74, 6) is -0.622. The molecule has 0 saturated heterocycles. The Balaban J connectivity index is 2.38. The summed E-state index contributed by atoms with van der Waals surface area (Å²) in [5.41, 5.74) is 0.116. The van der Waals surface area contributed by atoms with Crippen LogP contribution < -0.4 is 10.5 Å². The summed E-state index contributed by atoms with van der Waals surface area (Å²) < 4.78 is 21.2. The van der Waals surface area contributed by atoms with Crippen LogP contribution in [0.15, 0.2) is 12.4 Å². The Morgan fingerprint density at radius 2 is 2.12 bits per heavy atom. The number of nitrogens with two attached hydrogens (primary N) is 1. The summed E-state index contributed by atoms with van der Waals surface area (Å²) in [6.07, 6.45) is 2.73. The zero-order valence-corrected chi connectivity index (χ0v) is 10.3. The largest absolute Gasteiger partial charge is 0.351 e. The first-order valence-corrected chi connectivity index (χ1v) is 6.74. The molecule has 0 aliphatic rings. The topological polar surface area (TPSA) is 115 Å². The number of aromatic nitrogens is 2. The van der Waals surface area contributed by atoms with Crippen LogP contribution in [-0.4, -0.2) is 36.6 Å². The molecule has 0 radical (unpaired) electrons. The monoisotopic (exact) mass is 278 g/mol. The van der Waals surface area contributed by atoms with Gasteiger partial charge in [-0.1, -0.05) is 11.6 Å². The highest BCUT2D eigenvalue weighted by molar-refractivity contribution is 7.89. The molecule has 1 heterocycles. The van der Waals surface area contributed by atoms with Crippen molar-refractivity contribution in [2.24, 2.45) is 5.14 Å². The zero-order chi connectivity index (χ0) is 12.9. The van der Waals surface area contributed by atoms with E-state index in [1.165, 1.54) is 12.4 Å². The van der Waals surface area contributed by atoms with Gasteiger partial charge >= 0.3 is 0 Å². The molecule has 7 nitrogen and oxygen atoms in total. The summed E-state index contributed by atoms with van der Waals surface area (Å²) in [6.45, 7) is 0.194. The van der Waals surface area contributed by atoms with Gasteiger partial charge in [-0.05, 0) is 6.42 Å². The quantitative estimate of drug-likeness (QED) is 0.707. The number of halogens is 1. The van der Waals surface area contributed by atoms with Crippen LogP contribution in [0.25, 0.3) is 0 Å². The van der Waals surface area contributed by atoms with Crippen LogP contribution in [0.1, 0.15) is 16.9 Å². The lowest BCUT2D eigenvalue weighted by molar-refractivity contribution is 0.0948. The number of amides is 1. The van der Waals surface area contributed by atoms with Gasteiger partial charge in [-0.25, -0.2) is 23.5 Å². The molecule has 0 aliphatic carbocycles. The zero-order valence-electron chi connectivity index (χ0n) is 8.76. The minimum Gasteiger partial charge on any atom is -0.351 e. The highest BCUT2D eigenvalue weighted by Crippen LogP contribution is 2.00. The van der Waals surface area contributed by atoms with Crippen molar-refractivity contribution in [1.82, 2.24) is 15.3 Å². The molecule has 94 valence electrons. The number of sulfonamides is 1. The molecule has 3 N–H and O–H groups in total. The average Bonchev–Trinajstić information content (AvgIpc) is 2.24. The third-order valence-corrected chi connectivity index (χ3v) is 2.80. The maximum atomic E-state index is 11.4. The first-order valence-electron chi connectivity index (χ1n) is 4.65. The summed E-state index contributed by atoms with van der Waals surface area (Å²) in [7, 11) is -3.49. The molecule has 9 heteroatoms. The molecule has 0 spiro atoms. The van der Waals surface area contributed by atoms with Gasteiger partial charge in [-0.3, -0.25) is 4.79 Å². The molecule has 17 heavy (non-hydrogen) atoms. The van der Waals surface area contributed by atoms with Crippen LogP contribution >= 0.6 is 11.6 Å². The van der Waals surface area contributed by atoms with Gasteiger partial charge < -0.3 is 5.32 Å². The summed E-state index contributed by atoms with van der Waals surface area (Å²) in [6, 6.07) is 0. The van der Waals surface area contributed by atoms with Gasteiger partial charge in [0.25, 0.3) is 5.91 Å². The third-order valence-electron chi connectivity index (χ3n) is 1.74. The average molecular weight is 279 g/mol. The van der Waals surface area contributed by atoms with Crippen LogP contribution in [0.4, 0.5) is 0 Å². The van der Waals surface area contributed by atoms with Crippen LogP contribution in [0.5, 0.6) is 0 Å². The van der Waals surface area contributed by atoms with E-state index in [0.29, 0.717) is 0 Å². The van der Waals surface area contributed by atoms with Crippen LogP contribution in [0.2, 0.25) is 5.15 Å². The lowest BCUT2D eigenvalue weighted by Crippen LogP contribution is -2.28. The molecule has 1 aromatic heterocycles. The Hall–Kier alpha value is -1.25. The number of nitrogens with zero attached hydrogens (tertiary/aromatic N) is 2. The van der Waals surface area contributed by atoms with E-state index in [1.54, 1.807) is 0 Å². The first kappa shape index (κ1) is 13.8. The fourth-order valence-electron chi connectivity index (χ4n) is 0.995. The van der Waals surface area contributed by atoms with Gasteiger partial charge in [-0.15, -0.1) is 0 Å². The number of carbonyl (C=O) groups excluding carboxylic acids is 1. The van der Waals surface area contributed by atoms with E-state index in [2.05, 4.69) is 15.3 Å². The van der Waals surface area contributed by atoms with Crippen molar-refractivity contribution in [2.75, 3.05) is 12.3 Å². The van der Waals surface area contributed by atoms with E-state index in [4.69, 9.17) is 16.7 Å². The number of carbonyl (C=O) groups is 1. The summed E-state index contributed by atoms with van der Waals surface area (Å²) in [5, 5.41) is 7.48. The number of hydrogen-bond donors (Lipinski definition) is 2. The highest BCUT2D eigenvalue weighted by Gasteiger charge is 2.08. The summed E-state index contributed by atoms with van der Waals surface area (Å²) in [4.78, 5) is 18.9. The normalized spacial score (nSPS) is 11.2. The van der Waals surface area contributed by atoms with Crippen molar-refractivity contribution < 1.29 is 13.2 Å². The lowest BCUT2D eigenvalue weighted by Gasteiger charge is -2.03. The molecule has 0 unspecified atom stereocenters. The van der Waals surface area contributed by atoms with E-state index < -0.39 is 15.9 Å². The van der Waals surface area contributed by atoms with Gasteiger partial charge in [0.15, 0.2) is 0 Å². The summed E-state index contributed by atoms with van der Waals surface area (Å²) >= 11 is 5.51. The number of rotatable bonds is 5. The molecule has 0 atom stereocenters. The molecular formula is C8H11ClN4O3S. The van der Waals surface area contributed by atoms with Gasteiger partial charge in [0, 0.05) is 6.54 Å². The molecule has 0 aliphatic heterocycles. The fourth-order valence-corrected chi connectivity index (χ4v) is 1.64. The molecule has 0 aromatic carbocycles. The standard InChI is InChI=1S/C8H11ClN4O3S/c9-7-5-12-6(4-13-7)8(14)11-2-1-3-17(10,15)16/h4-5H,1-3H2,(H,11,14)(H2,10,15,16). The number of nitrogens with one attached hydrogen (secondary N) is 1. The van der Waals surface area contributed by atoms with Crippen molar-refractivity contribution in [3.63, 3.8) is 0 Å². The third kappa shape index (κ3) is 5.57. The smallest absolute Gasteiger partial charge is 0.271 e. The maximum Gasteiger partial charge on any atom is 0.271 e. The van der Waals surface area contributed by atoms with E-state index >= 15 is 0 Å². The second-order valence-electron chi connectivity index (χ2n) is 3.20. The fraction of sp³-hybridized carbons (Fsp3) is 0.375. The van der Waals surface area contributed by atoms with Gasteiger partial charge in [0.2, 0.25) is 10.0 Å². The lowest BCUT2D eigenvalue weighted by atomic mass is 10.4. The minimum atomic E-state index is -3.49. The van der Waals surface area contributed by atoms with Gasteiger partial charge in [0.05, 0.1) is 18.1 Å². The second kappa shape index (κ2) is 5.89. The predicted molar refractivity (Wildman–Crippen MR) is 62.0 cm³/mol. The highest BCUT2D eigenvalue weighted by atomic mass is 35.5. The Morgan fingerprint density at radius 3 is 2.65 bits per heavy atom. The van der Waals surface area contributed by atoms with Gasteiger partial charge in [0.1, 0.15) is 10.8 Å². The van der Waals surface area contributed by atoms with E-state index in [-0.39, 0.29) is 29.6 Å². The Bertz CT molecular complexity index is 488. The van der Waals surface area contributed by atoms with E-state index in [0.717, 1.165) is 0 Å². The minimum absolute atomic E-state index is 0.116. The maximum absolute atomic E-state index is 11.4. The van der Waals surface area contributed by atoms with Crippen molar-refractivity contribution in [3.05, 3.63) is 23.2 Å². The molecule has 0 fully saturated rings. The Morgan fingerprint density at radius 1 is 1.41 bits per heavy atom. The van der Waals surface area contributed by atoms with Crippen LogP contribution in [-0.2, 0) is 10.0 Å². The van der Waals surface area contributed by atoms with Crippen molar-refractivity contribution in [1.29, 1.82) is 0 Å². The SMILES string of the molecule is NS(=O)(=O)CCCNC(=O)c1cnc(Cl)cn1. The van der Waals surface area contributed by atoms with E-state index in [1.807, 2.05) is 0 Å². The van der Waals surface area contributed by atoms with Crippen molar-refractivity contribution in [3.8, 4) is 0 Å². The Labute approximate surface area is 103 Å². The van der Waals surface area contributed by atoms with Crippen molar-refractivity contribution >= 4 is 27.5 Å². The molecule has 1 amide bonds. The Kier molecular flexibility index (Phi) is 4.79. The molecular weight excluding hydrogens is 268 g/mol. The van der Waals surface area contributed by atoms with Gasteiger partial charge in [-0.2, -0.15) is 0 Å². The van der Waals surface area contributed by atoms with E-state index in [9.17, 15) is 13.2 Å². The first-order chi connectivity index (χ1) is 7.88.